The van der Waals surface area contributed by atoms with Crippen molar-refractivity contribution in [2.24, 2.45) is 0 Å². The molecule has 2 aromatic rings. The van der Waals surface area contributed by atoms with Gasteiger partial charge in [0.25, 0.3) is 0 Å². The lowest BCUT2D eigenvalue weighted by Gasteiger charge is -2.04. The van der Waals surface area contributed by atoms with Gasteiger partial charge in [-0.05, 0) is 24.1 Å². The minimum Gasteiger partial charge on any atom is -0.486 e. The van der Waals surface area contributed by atoms with E-state index in [2.05, 4.69) is 36.7 Å². The molecule has 2 nitrogen and oxygen atoms in total. The Balaban J connectivity index is 1.92. The molecule has 0 saturated carbocycles. The van der Waals surface area contributed by atoms with Crippen LogP contribution in [0.1, 0.15) is 22.4 Å². The van der Waals surface area contributed by atoms with E-state index in [1.807, 2.05) is 18.3 Å². The number of nitrogens with zero attached hydrogens (tertiary/aromatic N) is 1. The Kier molecular flexibility index (Phi) is 4.45. The minimum atomic E-state index is 0.532. The number of hydrogen-bond donors (Lipinski definition) is 1. The Bertz CT molecular complexity index is 465. The second-order valence-corrected chi connectivity index (χ2v) is 5.18. The summed E-state index contributed by atoms with van der Waals surface area (Å²) in [5.41, 5.74) is 1.32. The number of rotatable bonds is 5. The highest BCUT2D eigenvalue weighted by Gasteiger charge is 2.01. The van der Waals surface area contributed by atoms with Gasteiger partial charge in [0, 0.05) is 16.8 Å². The van der Waals surface area contributed by atoms with E-state index >= 15 is 0 Å². The molecular formula is C13H15NOS2. The fourth-order valence-electron chi connectivity index (χ4n) is 1.45. The van der Waals surface area contributed by atoms with Crippen LogP contribution in [-0.4, -0.2) is 4.98 Å². The first kappa shape index (κ1) is 12.5. The minimum absolute atomic E-state index is 0.532. The maximum absolute atomic E-state index is 5.67. The Labute approximate surface area is 111 Å². The second kappa shape index (κ2) is 6.07. The molecule has 0 aliphatic carbocycles. The van der Waals surface area contributed by atoms with Crippen LogP contribution in [0, 0.1) is 0 Å². The molecule has 0 spiro atoms. The quantitative estimate of drug-likeness (QED) is 0.832. The van der Waals surface area contributed by atoms with Gasteiger partial charge in [-0.3, -0.25) is 0 Å². The van der Waals surface area contributed by atoms with E-state index in [1.54, 1.807) is 11.3 Å². The number of benzene rings is 1. The fourth-order valence-corrected chi connectivity index (χ4v) is 2.43. The van der Waals surface area contributed by atoms with Crippen LogP contribution in [0.2, 0.25) is 0 Å². The number of ether oxygens (including phenoxy) is 1. The fraction of sp³-hybridized carbons (Fsp3) is 0.308. The van der Waals surface area contributed by atoms with Crippen molar-refractivity contribution in [3.05, 3.63) is 45.9 Å². The molecule has 0 fully saturated rings. The van der Waals surface area contributed by atoms with Crippen LogP contribution in [0.15, 0.2) is 30.5 Å². The average molecular weight is 265 g/mol. The highest BCUT2D eigenvalue weighted by Crippen LogP contribution is 2.18. The van der Waals surface area contributed by atoms with Crippen LogP contribution < -0.4 is 4.74 Å². The largest absolute Gasteiger partial charge is 0.486 e. The zero-order valence-electron chi connectivity index (χ0n) is 9.72. The third-order valence-electron chi connectivity index (χ3n) is 2.45. The molecule has 0 aliphatic rings. The molecular weight excluding hydrogens is 250 g/mol. The van der Waals surface area contributed by atoms with E-state index in [1.165, 1.54) is 10.4 Å². The van der Waals surface area contributed by atoms with Crippen molar-refractivity contribution in [2.45, 2.75) is 25.7 Å². The molecule has 90 valence electrons. The summed E-state index contributed by atoms with van der Waals surface area (Å²) in [5.74, 6) is 1.63. The maximum atomic E-state index is 5.67. The van der Waals surface area contributed by atoms with Gasteiger partial charge in [-0.1, -0.05) is 19.1 Å². The highest BCUT2D eigenvalue weighted by atomic mass is 32.1. The summed E-state index contributed by atoms with van der Waals surface area (Å²) >= 11 is 5.86. The van der Waals surface area contributed by atoms with Crippen molar-refractivity contribution in [1.29, 1.82) is 0 Å². The van der Waals surface area contributed by atoms with Gasteiger partial charge in [-0.2, -0.15) is 12.6 Å². The first-order valence-corrected chi connectivity index (χ1v) is 7.03. The van der Waals surface area contributed by atoms with Crippen LogP contribution >= 0.6 is 24.0 Å². The van der Waals surface area contributed by atoms with Gasteiger partial charge < -0.3 is 4.74 Å². The third-order valence-corrected chi connectivity index (χ3v) is 3.98. The van der Waals surface area contributed by atoms with Crippen molar-refractivity contribution >= 4 is 24.0 Å². The lowest BCUT2D eigenvalue weighted by Crippen LogP contribution is -1.94. The monoisotopic (exact) mass is 265 g/mol. The van der Waals surface area contributed by atoms with Crippen molar-refractivity contribution in [1.82, 2.24) is 4.98 Å². The first-order valence-electron chi connectivity index (χ1n) is 5.58. The number of thiazole rings is 1. The van der Waals surface area contributed by atoms with Gasteiger partial charge in [-0.25, -0.2) is 4.98 Å². The number of thiol groups is 1. The van der Waals surface area contributed by atoms with Crippen LogP contribution in [0.25, 0.3) is 0 Å². The summed E-state index contributed by atoms with van der Waals surface area (Å²) in [7, 11) is 0. The van der Waals surface area contributed by atoms with E-state index in [4.69, 9.17) is 4.74 Å². The molecule has 1 aromatic heterocycles. The van der Waals surface area contributed by atoms with Crippen LogP contribution in [0.5, 0.6) is 5.75 Å². The molecule has 0 radical (unpaired) electrons. The molecule has 0 N–H and O–H groups in total. The molecule has 0 unspecified atom stereocenters. The zero-order chi connectivity index (χ0) is 12.1. The average Bonchev–Trinajstić information content (AvgIpc) is 2.85. The number of aryl methyl sites for hydroxylation is 1. The van der Waals surface area contributed by atoms with Gasteiger partial charge in [0.2, 0.25) is 0 Å². The summed E-state index contributed by atoms with van der Waals surface area (Å²) in [5, 5.41) is 0.994. The predicted octanol–water partition coefficient (Wildman–Crippen LogP) is 3.71. The number of aromatic nitrogens is 1. The highest BCUT2D eigenvalue weighted by molar-refractivity contribution is 7.79. The van der Waals surface area contributed by atoms with Gasteiger partial charge in [-0.15, -0.1) is 11.3 Å². The lowest BCUT2D eigenvalue weighted by atomic mass is 10.2. The van der Waals surface area contributed by atoms with E-state index in [9.17, 15) is 0 Å². The molecule has 17 heavy (non-hydrogen) atoms. The van der Waals surface area contributed by atoms with Crippen LogP contribution in [-0.2, 0) is 18.8 Å². The SMILES string of the molecule is CCc1ccc(OCc2ncc(CS)s2)cc1. The summed E-state index contributed by atoms with van der Waals surface area (Å²) in [6, 6.07) is 8.20. The van der Waals surface area contributed by atoms with E-state index in [0.717, 1.165) is 22.9 Å². The third kappa shape index (κ3) is 3.48. The van der Waals surface area contributed by atoms with Crippen molar-refractivity contribution in [3.63, 3.8) is 0 Å². The Hall–Kier alpha value is -1.00. The first-order chi connectivity index (χ1) is 8.31. The Morgan fingerprint density at radius 2 is 2.06 bits per heavy atom. The Morgan fingerprint density at radius 3 is 2.65 bits per heavy atom. The van der Waals surface area contributed by atoms with Crippen molar-refractivity contribution in [3.8, 4) is 5.75 Å². The van der Waals surface area contributed by atoms with Crippen molar-refractivity contribution in [2.75, 3.05) is 0 Å². The molecule has 2 rings (SSSR count). The zero-order valence-corrected chi connectivity index (χ0v) is 11.4. The predicted molar refractivity (Wildman–Crippen MR) is 75.0 cm³/mol. The van der Waals surface area contributed by atoms with Gasteiger partial charge in [0.1, 0.15) is 17.4 Å². The van der Waals surface area contributed by atoms with Gasteiger partial charge in [0.15, 0.2) is 0 Å². The summed E-state index contributed by atoms with van der Waals surface area (Å²) in [6.45, 7) is 2.67. The molecule has 0 saturated heterocycles. The number of hydrogen-bond acceptors (Lipinski definition) is 4. The smallest absolute Gasteiger partial charge is 0.140 e. The van der Waals surface area contributed by atoms with Gasteiger partial charge >= 0.3 is 0 Å². The lowest BCUT2D eigenvalue weighted by molar-refractivity contribution is 0.305. The van der Waals surface area contributed by atoms with Gasteiger partial charge in [0.05, 0.1) is 0 Å². The summed E-state index contributed by atoms with van der Waals surface area (Å²) in [4.78, 5) is 5.45. The summed E-state index contributed by atoms with van der Waals surface area (Å²) in [6.07, 6.45) is 2.91. The normalized spacial score (nSPS) is 10.5. The van der Waals surface area contributed by atoms with Crippen LogP contribution in [0.4, 0.5) is 0 Å². The molecule has 4 heteroatoms. The molecule has 1 heterocycles. The maximum Gasteiger partial charge on any atom is 0.140 e. The topological polar surface area (TPSA) is 22.1 Å². The standard InChI is InChI=1S/C13H15NOS2/c1-2-10-3-5-11(6-4-10)15-8-13-14-7-12(9-16)17-13/h3-7,16H,2,8-9H2,1H3. The van der Waals surface area contributed by atoms with Crippen LogP contribution in [0.3, 0.4) is 0 Å². The molecule has 0 amide bonds. The van der Waals surface area contributed by atoms with E-state index < -0.39 is 0 Å². The Morgan fingerprint density at radius 1 is 1.29 bits per heavy atom. The molecule has 1 aromatic carbocycles. The summed E-state index contributed by atoms with van der Waals surface area (Å²) < 4.78 is 5.67. The molecule has 0 atom stereocenters. The molecule has 0 bridgehead atoms. The van der Waals surface area contributed by atoms with E-state index in [0.29, 0.717) is 6.61 Å². The molecule has 0 aliphatic heterocycles. The second-order valence-electron chi connectivity index (χ2n) is 3.66. The van der Waals surface area contributed by atoms with Crippen molar-refractivity contribution < 1.29 is 4.74 Å². The van der Waals surface area contributed by atoms with E-state index in [-0.39, 0.29) is 0 Å².